The smallest absolute Gasteiger partial charge is 0.320 e. The van der Waals surface area contributed by atoms with Gasteiger partial charge in [-0.3, -0.25) is 19.6 Å². The Morgan fingerprint density at radius 3 is 2.76 bits per heavy atom. The van der Waals surface area contributed by atoms with Crippen LogP contribution >= 0.6 is 0 Å². The predicted molar refractivity (Wildman–Crippen MR) is 104 cm³/mol. The van der Waals surface area contributed by atoms with Crippen molar-refractivity contribution in [3.8, 4) is 11.5 Å². The number of aromatic hydroxyl groups is 1. The van der Waals surface area contributed by atoms with Gasteiger partial charge in [0.15, 0.2) is 11.5 Å². The second-order valence-electron chi connectivity index (χ2n) is 5.90. The molecule has 0 bridgehead atoms. The largest absolute Gasteiger partial charge is 0.504 e. The number of amides is 1. The summed E-state index contributed by atoms with van der Waals surface area (Å²) in [5.41, 5.74) is 2.57. The number of rotatable bonds is 7. The molecule has 0 aliphatic heterocycles. The van der Waals surface area contributed by atoms with Crippen LogP contribution in [0.1, 0.15) is 21.6 Å². The number of nitro groups is 1. The first-order valence-corrected chi connectivity index (χ1v) is 8.44. The highest BCUT2D eigenvalue weighted by Gasteiger charge is 2.25. The van der Waals surface area contributed by atoms with Crippen molar-refractivity contribution < 1.29 is 19.6 Å². The lowest BCUT2D eigenvalue weighted by atomic mass is 10.2. The summed E-state index contributed by atoms with van der Waals surface area (Å²) < 4.78 is 6.31. The number of carbonyl (C=O) groups is 1. The van der Waals surface area contributed by atoms with E-state index in [1.165, 1.54) is 24.2 Å². The van der Waals surface area contributed by atoms with Crippen LogP contribution in [0.3, 0.4) is 0 Å². The Morgan fingerprint density at radius 2 is 2.07 bits per heavy atom. The van der Waals surface area contributed by atoms with Crippen LogP contribution in [0.5, 0.6) is 11.5 Å². The molecule has 0 atom stereocenters. The first kappa shape index (κ1) is 19.5. The number of carbonyl (C=O) groups excluding carboxylic acids is 1. The van der Waals surface area contributed by atoms with Gasteiger partial charge in [-0.05, 0) is 17.7 Å². The highest BCUT2D eigenvalue weighted by molar-refractivity contribution is 5.96. The molecule has 3 rings (SSSR count). The van der Waals surface area contributed by atoms with Crippen LogP contribution in [0.2, 0.25) is 0 Å². The molecular weight excluding hydrogens is 378 g/mol. The molecule has 10 heteroatoms. The van der Waals surface area contributed by atoms with Gasteiger partial charge in [0.2, 0.25) is 5.69 Å². The van der Waals surface area contributed by atoms with E-state index in [0.29, 0.717) is 5.56 Å². The minimum Gasteiger partial charge on any atom is -0.504 e. The van der Waals surface area contributed by atoms with Crippen LogP contribution < -0.4 is 10.2 Å². The topological polar surface area (TPSA) is 132 Å². The van der Waals surface area contributed by atoms with E-state index in [2.05, 4.69) is 15.6 Å². The number of hydrogen-bond donors (Lipinski definition) is 2. The Balaban J connectivity index is 1.77. The average Bonchev–Trinajstić information content (AvgIpc) is 3.14. The van der Waals surface area contributed by atoms with Crippen LogP contribution in [-0.4, -0.2) is 39.0 Å². The van der Waals surface area contributed by atoms with Crippen molar-refractivity contribution in [2.24, 2.45) is 5.10 Å². The molecule has 10 nitrogen and oxygen atoms in total. The number of hydrazone groups is 1. The van der Waals surface area contributed by atoms with Gasteiger partial charge in [-0.25, -0.2) is 5.43 Å². The second kappa shape index (κ2) is 8.65. The Kier molecular flexibility index (Phi) is 5.83. The van der Waals surface area contributed by atoms with E-state index in [9.17, 15) is 20.0 Å². The monoisotopic (exact) mass is 395 g/mol. The Hall–Kier alpha value is -4.21. The molecule has 0 unspecified atom stereocenters. The maximum atomic E-state index is 12.3. The van der Waals surface area contributed by atoms with Crippen LogP contribution in [0.25, 0.3) is 0 Å². The number of aromatic nitrogens is 2. The molecule has 0 radical (unpaired) electrons. The van der Waals surface area contributed by atoms with Crippen LogP contribution in [0.4, 0.5) is 5.69 Å². The predicted octanol–water partition coefficient (Wildman–Crippen LogP) is 2.32. The highest BCUT2D eigenvalue weighted by Crippen LogP contribution is 2.28. The Labute approximate surface area is 165 Å². The zero-order chi connectivity index (χ0) is 20.8. The molecule has 2 N–H and O–H groups in total. The van der Waals surface area contributed by atoms with Gasteiger partial charge < -0.3 is 9.84 Å². The Morgan fingerprint density at radius 1 is 1.31 bits per heavy atom. The number of nitrogens with zero attached hydrogens (tertiary/aromatic N) is 4. The first-order chi connectivity index (χ1) is 14.0. The molecular formula is C19H17N5O5. The van der Waals surface area contributed by atoms with E-state index in [-0.39, 0.29) is 23.7 Å². The van der Waals surface area contributed by atoms with Crippen molar-refractivity contribution in [1.82, 2.24) is 15.2 Å². The molecule has 29 heavy (non-hydrogen) atoms. The van der Waals surface area contributed by atoms with E-state index in [4.69, 9.17) is 4.74 Å². The fourth-order valence-corrected chi connectivity index (χ4v) is 2.58. The number of nitrogens with one attached hydrogen (secondary N) is 1. The van der Waals surface area contributed by atoms with Gasteiger partial charge in [-0.1, -0.05) is 36.4 Å². The van der Waals surface area contributed by atoms with Gasteiger partial charge in [0.25, 0.3) is 5.91 Å². The standard InChI is InChI=1S/C19H17N5O5/c1-29-16-9-5-8-14(18(16)25)10-20-21-19(26)17-15(24(27)28)12-23(22-17)11-13-6-3-2-4-7-13/h2-10,12,25H,11H2,1H3,(H,21,26)/b20-10-. The molecule has 1 aromatic heterocycles. The molecule has 2 aromatic carbocycles. The van der Waals surface area contributed by atoms with Crippen LogP contribution in [0, 0.1) is 10.1 Å². The lowest BCUT2D eigenvalue weighted by Crippen LogP contribution is -2.19. The number of ether oxygens (including phenoxy) is 1. The summed E-state index contributed by atoms with van der Waals surface area (Å²) in [6.07, 6.45) is 2.39. The third kappa shape index (κ3) is 4.56. The second-order valence-corrected chi connectivity index (χ2v) is 5.90. The first-order valence-electron chi connectivity index (χ1n) is 8.44. The van der Waals surface area contributed by atoms with Crippen molar-refractivity contribution in [1.29, 1.82) is 0 Å². The summed E-state index contributed by atoms with van der Waals surface area (Å²) in [7, 11) is 1.41. The molecule has 0 spiro atoms. The van der Waals surface area contributed by atoms with Gasteiger partial charge in [0, 0.05) is 5.56 Å². The lowest BCUT2D eigenvalue weighted by Gasteiger charge is -2.04. The average molecular weight is 395 g/mol. The zero-order valence-electron chi connectivity index (χ0n) is 15.3. The summed E-state index contributed by atoms with van der Waals surface area (Å²) in [5.74, 6) is -0.746. The highest BCUT2D eigenvalue weighted by atomic mass is 16.6. The van der Waals surface area contributed by atoms with Crippen molar-refractivity contribution in [3.05, 3.63) is 81.7 Å². The number of benzene rings is 2. The minimum absolute atomic E-state index is 0.147. The molecule has 0 saturated heterocycles. The number of phenols is 1. The maximum Gasteiger partial charge on any atom is 0.320 e. The van der Waals surface area contributed by atoms with Crippen molar-refractivity contribution in [2.75, 3.05) is 7.11 Å². The molecule has 1 amide bonds. The van der Waals surface area contributed by atoms with E-state index in [1.807, 2.05) is 30.3 Å². The molecule has 0 aliphatic rings. The molecule has 3 aromatic rings. The summed E-state index contributed by atoms with van der Waals surface area (Å²) in [5, 5.41) is 29.0. The van der Waals surface area contributed by atoms with Crippen molar-refractivity contribution >= 4 is 17.8 Å². The minimum atomic E-state index is -0.845. The zero-order valence-corrected chi connectivity index (χ0v) is 15.3. The number of phenolic OH excluding ortho intramolecular Hbond substituents is 1. The van der Waals surface area contributed by atoms with Crippen LogP contribution in [-0.2, 0) is 6.54 Å². The van der Waals surface area contributed by atoms with Gasteiger partial charge in [-0.2, -0.15) is 10.2 Å². The quantitative estimate of drug-likeness (QED) is 0.358. The summed E-state index contributed by atoms with van der Waals surface area (Å²) in [6, 6.07) is 14.0. The number of methoxy groups -OCH3 is 1. The van der Waals surface area contributed by atoms with Crippen molar-refractivity contribution in [3.63, 3.8) is 0 Å². The van der Waals surface area contributed by atoms with Crippen LogP contribution in [0.15, 0.2) is 59.8 Å². The number of hydrogen-bond acceptors (Lipinski definition) is 7. The fourth-order valence-electron chi connectivity index (χ4n) is 2.58. The fraction of sp³-hybridized carbons (Fsp3) is 0.105. The van der Waals surface area contributed by atoms with Crippen molar-refractivity contribution in [2.45, 2.75) is 6.54 Å². The van der Waals surface area contributed by atoms with Gasteiger partial charge in [0.05, 0.1) is 24.8 Å². The SMILES string of the molecule is COc1cccc(/C=N\NC(=O)c2nn(Cc3ccccc3)cc2[N+](=O)[O-])c1O. The third-order valence-corrected chi connectivity index (χ3v) is 3.96. The number of para-hydroxylation sites is 1. The van der Waals surface area contributed by atoms with E-state index in [1.54, 1.807) is 18.2 Å². The molecule has 0 fully saturated rings. The Bertz CT molecular complexity index is 1060. The molecule has 0 saturated carbocycles. The van der Waals surface area contributed by atoms with E-state index < -0.39 is 16.5 Å². The summed E-state index contributed by atoms with van der Waals surface area (Å²) in [6.45, 7) is 0.274. The maximum absolute atomic E-state index is 12.3. The summed E-state index contributed by atoms with van der Waals surface area (Å²) >= 11 is 0. The lowest BCUT2D eigenvalue weighted by molar-refractivity contribution is -0.385. The van der Waals surface area contributed by atoms with E-state index >= 15 is 0 Å². The van der Waals surface area contributed by atoms with Gasteiger partial charge >= 0.3 is 5.69 Å². The van der Waals surface area contributed by atoms with Gasteiger partial charge in [0.1, 0.15) is 6.20 Å². The third-order valence-electron chi connectivity index (χ3n) is 3.96. The van der Waals surface area contributed by atoms with E-state index in [0.717, 1.165) is 5.56 Å². The van der Waals surface area contributed by atoms with Gasteiger partial charge in [-0.15, -0.1) is 0 Å². The molecule has 0 aliphatic carbocycles. The summed E-state index contributed by atoms with van der Waals surface area (Å²) in [4.78, 5) is 23.0. The molecule has 1 heterocycles. The molecule has 148 valence electrons. The normalized spacial score (nSPS) is 10.8.